The fraction of sp³-hybridized carbons (Fsp3) is 0.333. The molecule has 0 saturated heterocycles. The van der Waals surface area contributed by atoms with Gasteiger partial charge in [-0.1, -0.05) is 5.21 Å². The highest BCUT2D eigenvalue weighted by molar-refractivity contribution is 7.13. The van der Waals surface area contributed by atoms with Gasteiger partial charge in [-0.15, -0.1) is 16.4 Å². The lowest BCUT2D eigenvalue weighted by Gasteiger charge is -2.28. The van der Waals surface area contributed by atoms with E-state index in [0.717, 1.165) is 16.8 Å². The molecule has 0 spiro atoms. The zero-order valence-electron chi connectivity index (χ0n) is 15.2. The number of hydrogen-bond acceptors (Lipinski definition) is 6. The Hall–Kier alpha value is -2.79. The predicted molar refractivity (Wildman–Crippen MR) is 99.2 cm³/mol. The molecule has 0 fully saturated rings. The van der Waals surface area contributed by atoms with Crippen LogP contribution in [0.1, 0.15) is 17.7 Å². The Bertz CT molecular complexity index is 1040. The molecule has 0 saturated carbocycles. The van der Waals surface area contributed by atoms with Gasteiger partial charge in [0.15, 0.2) is 11.6 Å². The summed E-state index contributed by atoms with van der Waals surface area (Å²) >= 11 is 1.44. The van der Waals surface area contributed by atoms with Crippen molar-refractivity contribution in [1.82, 2.24) is 24.9 Å². The Morgan fingerprint density at radius 1 is 1.21 bits per heavy atom. The van der Waals surface area contributed by atoms with Crippen LogP contribution in [-0.4, -0.2) is 43.4 Å². The van der Waals surface area contributed by atoms with Crippen molar-refractivity contribution in [1.29, 1.82) is 0 Å². The molecule has 1 aliphatic rings. The number of nitrogens with two attached hydrogens (primary N) is 1. The molecule has 7 nitrogen and oxygen atoms in total. The zero-order chi connectivity index (χ0) is 20.5. The molecular weight excluding hydrogens is 405 g/mol. The first-order chi connectivity index (χ1) is 13.9. The number of rotatable bonds is 5. The van der Waals surface area contributed by atoms with Gasteiger partial charge in [-0.05, 0) is 18.1 Å². The molecule has 29 heavy (non-hydrogen) atoms. The van der Waals surface area contributed by atoms with Gasteiger partial charge < -0.3 is 10.6 Å². The Morgan fingerprint density at radius 3 is 2.76 bits per heavy atom. The molecule has 4 rings (SSSR count). The van der Waals surface area contributed by atoms with Crippen molar-refractivity contribution in [3.63, 3.8) is 0 Å². The first kappa shape index (κ1) is 19.5. The summed E-state index contributed by atoms with van der Waals surface area (Å²) < 4.78 is 42.0. The van der Waals surface area contributed by atoms with Gasteiger partial charge in [0, 0.05) is 36.7 Å². The first-order valence-electron chi connectivity index (χ1n) is 8.91. The number of hydrogen-bond donors (Lipinski definition) is 1. The van der Waals surface area contributed by atoms with Crippen LogP contribution < -0.4 is 5.73 Å². The van der Waals surface area contributed by atoms with Gasteiger partial charge in [0.05, 0.1) is 18.8 Å². The molecule has 0 unspecified atom stereocenters. The summed E-state index contributed by atoms with van der Waals surface area (Å²) in [6, 6.07) is 0.531. The van der Waals surface area contributed by atoms with Crippen molar-refractivity contribution in [3.8, 4) is 10.7 Å². The molecule has 1 amide bonds. The van der Waals surface area contributed by atoms with E-state index in [1.807, 2.05) is 5.38 Å². The molecule has 2 N–H and O–H groups in total. The lowest BCUT2D eigenvalue weighted by Crippen LogP contribution is -2.41. The minimum atomic E-state index is -1.26. The lowest BCUT2D eigenvalue weighted by atomic mass is 10.0. The minimum absolute atomic E-state index is 0.0490. The predicted octanol–water partition coefficient (Wildman–Crippen LogP) is 2.12. The highest BCUT2D eigenvalue weighted by Gasteiger charge is 2.27. The average Bonchev–Trinajstić information content (AvgIpc) is 3.34. The lowest BCUT2D eigenvalue weighted by molar-refractivity contribution is -0.133. The van der Waals surface area contributed by atoms with Gasteiger partial charge >= 0.3 is 0 Å². The summed E-state index contributed by atoms with van der Waals surface area (Å²) in [7, 11) is 0. The standard InChI is InChI=1S/C18H17F3N6OS/c19-12-8-14(21)13(20)6-10(12)5-11(22)7-16(28)26-2-3-27-15(9-26)17(24-25-27)18-23-1-4-29-18/h1,4,6,8,11H,2-3,5,7,9,22H2/t11-/m1/s1. The van der Waals surface area contributed by atoms with Crippen molar-refractivity contribution in [2.24, 2.45) is 5.73 Å². The summed E-state index contributed by atoms with van der Waals surface area (Å²) in [5, 5.41) is 10.8. The summed E-state index contributed by atoms with van der Waals surface area (Å²) in [5.41, 5.74) is 7.36. The van der Waals surface area contributed by atoms with Crippen LogP contribution in [0, 0.1) is 17.5 Å². The zero-order valence-corrected chi connectivity index (χ0v) is 16.0. The largest absolute Gasteiger partial charge is 0.335 e. The Labute approximate surface area is 168 Å². The van der Waals surface area contributed by atoms with Crippen molar-refractivity contribution >= 4 is 17.2 Å². The van der Waals surface area contributed by atoms with Gasteiger partial charge in [-0.3, -0.25) is 4.79 Å². The Balaban J connectivity index is 1.42. The second-order valence-electron chi connectivity index (χ2n) is 6.79. The smallest absolute Gasteiger partial charge is 0.224 e. The van der Waals surface area contributed by atoms with Crippen LogP contribution in [0.5, 0.6) is 0 Å². The molecule has 3 aromatic rings. The number of carbonyl (C=O) groups excluding carboxylic acids is 1. The van der Waals surface area contributed by atoms with Gasteiger partial charge in [0.25, 0.3) is 0 Å². The first-order valence-corrected chi connectivity index (χ1v) is 9.79. The molecule has 0 radical (unpaired) electrons. The average molecular weight is 422 g/mol. The van der Waals surface area contributed by atoms with Gasteiger partial charge in [-0.2, -0.15) is 0 Å². The number of fused-ring (bicyclic) bond motifs is 1. The molecular formula is C18H17F3N6OS. The molecule has 0 bridgehead atoms. The Morgan fingerprint density at radius 2 is 2.00 bits per heavy atom. The number of aromatic nitrogens is 4. The second kappa shape index (κ2) is 7.91. The number of carbonyl (C=O) groups is 1. The van der Waals surface area contributed by atoms with Gasteiger partial charge in [0.1, 0.15) is 16.5 Å². The number of thiazole rings is 1. The third kappa shape index (κ3) is 4.01. The maximum atomic E-state index is 13.8. The number of halogens is 3. The third-order valence-electron chi connectivity index (χ3n) is 4.76. The van der Waals surface area contributed by atoms with E-state index in [4.69, 9.17) is 5.73 Å². The molecule has 1 aliphatic heterocycles. The van der Waals surface area contributed by atoms with Crippen LogP contribution in [0.3, 0.4) is 0 Å². The SMILES string of the molecule is N[C@@H](CC(=O)N1CCn2nnc(-c3nccs3)c2C1)Cc1cc(F)c(F)cc1F. The molecule has 152 valence electrons. The molecule has 0 aliphatic carbocycles. The van der Waals surface area contributed by atoms with E-state index >= 15 is 0 Å². The van der Waals surface area contributed by atoms with Crippen LogP contribution in [0.15, 0.2) is 23.7 Å². The molecule has 1 atom stereocenters. The van der Waals surface area contributed by atoms with E-state index in [9.17, 15) is 18.0 Å². The number of benzene rings is 1. The van der Waals surface area contributed by atoms with Gasteiger partial charge in [-0.25, -0.2) is 22.8 Å². The molecule has 1 aromatic carbocycles. The second-order valence-corrected chi connectivity index (χ2v) is 7.68. The van der Waals surface area contributed by atoms with E-state index in [2.05, 4.69) is 15.3 Å². The third-order valence-corrected chi connectivity index (χ3v) is 5.54. The maximum Gasteiger partial charge on any atom is 0.224 e. The van der Waals surface area contributed by atoms with Crippen molar-refractivity contribution in [3.05, 3.63) is 52.4 Å². The van der Waals surface area contributed by atoms with E-state index in [0.29, 0.717) is 31.4 Å². The fourth-order valence-electron chi connectivity index (χ4n) is 3.29. The summed E-state index contributed by atoms with van der Waals surface area (Å²) in [6.07, 6.45) is 1.55. The van der Waals surface area contributed by atoms with E-state index in [1.165, 1.54) is 11.3 Å². The van der Waals surface area contributed by atoms with E-state index in [1.54, 1.807) is 15.8 Å². The minimum Gasteiger partial charge on any atom is -0.335 e. The normalized spacial score (nSPS) is 14.7. The molecule has 3 heterocycles. The van der Waals surface area contributed by atoms with Crippen LogP contribution in [0.2, 0.25) is 0 Å². The molecule has 2 aromatic heterocycles. The van der Waals surface area contributed by atoms with E-state index < -0.39 is 23.5 Å². The number of nitrogens with zero attached hydrogens (tertiary/aromatic N) is 5. The summed E-state index contributed by atoms with van der Waals surface area (Å²) in [5.74, 6) is -3.50. The fourth-order valence-corrected chi connectivity index (χ4v) is 3.93. The van der Waals surface area contributed by atoms with Crippen molar-refractivity contribution < 1.29 is 18.0 Å². The van der Waals surface area contributed by atoms with Crippen LogP contribution >= 0.6 is 11.3 Å². The monoisotopic (exact) mass is 422 g/mol. The van der Waals surface area contributed by atoms with Crippen LogP contribution in [-0.2, 0) is 24.3 Å². The topological polar surface area (TPSA) is 89.9 Å². The highest BCUT2D eigenvalue weighted by atomic mass is 32.1. The summed E-state index contributed by atoms with van der Waals surface area (Å²) in [4.78, 5) is 18.6. The van der Waals surface area contributed by atoms with Gasteiger partial charge in [0.2, 0.25) is 5.91 Å². The van der Waals surface area contributed by atoms with Crippen LogP contribution in [0.25, 0.3) is 10.7 Å². The maximum absolute atomic E-state index is 13.8. The highest BCUT2D eigenvalue weighted by Crippen LogP contribution is 2.26. The number of amides is 1. The van der Waals surface area contributed by atoms with E-state index in [-0.39, 0.29) is 24.3 Å². The quantitative estimate of drug-likeness (QED) is 0.636. The van der Waals surface area contributed by atoms with Crippen LogP contribution in [0.4, 0.5) is 13.2 Å². The Kier molecular flexibility index (Phi) is 5.33. The molecule has 11 heteroatoms. The van der Waals surface area contributed by atoms with Crippen molar-refractivity contribution in [2.45, 2.75) is 32.0 Å². The van der Waals surface area contributed by atoms with Crippen molar-refractivity contribution in [2.75, 3.05) is 6.54 Å². The summed E-state index contributed by atoms with van der Waals surface area (Å²) in [6.45, 7) is 1.25.